The normalized spacial score (nSPS) is 10.5. The predicted octanol–water partition coefficient (Wildman–Crippen LogP) is 2.71. The van der Waals surface area contributed by atoms with E-state index in [0.29, 0.717) is 12.1 Å². The average Bonchev–Trinajstić information content (AvgIpc) is 2.86. The van der Waals surface area contributed by atoms with E-state index in [9.17, 15) is 4.79 Å². The predicted molar refractivity (Wildman–Crippen MR) is 68.5 cm³/mol. The van der Waals surface area contributed by atoms with E-state index >= 15 is 0 Å². The second-order valence-corrected chi connectivity index (χ2v) is 5.58. The zero-order valence-corrected chi connectivity index (χ0v) is 11.1. The van der Waals surface area contributed by atoms with E-state index in [4.69, 9.17) is 11.6 Å². The van der Waals surface area contributed by atoms with Crippen molar-refractivity contribution in [3.05, 3.63) is 38.8 Å². The van der Waals surface area contributed by atoms with Crippen molar-refractivity contribution in [3.63, 3.8) is 0 Å². The molecule has 0 bridgehead atoms. The molecule has 2 heterocycles. The first-order valence-electron chi connectivity index (χ1n) is 5.07. The molecule has 0 unspecified atom stereocenters. The van der Waals surface area contributed by atoms with Crippen molar-refractivity contribution in [2.24, 2.45) is 0 Å². The molecule has 0 saturated heterocycles. The quantitative estimate of drug-likeness (QED) is 0.931. The minimum atomic E-state index is -0.0410. The van der Waals surface area contributed by atoms with Gasteiger partial charge in [-0.3, -0.25) is 9.89 Å². The Balaban J connectivity index is 2.08. The number of rotatable bonds is 3. The molecule has 0 aliphatic heterocycles. The molecule has 2 aromatic heterocycles. The van der Waals surface area contributed by atoms with Gasteiger partial charge in [0.15, 0.2) is 0 Å². The van der Waals surface area contributed by atoms with E-state index < -0.39 is 0 Å². The van der Waals surface area contributed by atoms with Gasteiger partial charge in [-0.25, -0.2) is 0 Å². The molecule has 4 nitrogen and oxygen atoms in total. The Labute approximate surface area is 108 Å². The number of thiophene rings is 1. The van der Waals surface area contributed by atoms with Gasteiger partial charge in [0.2, 0.25) is 0 Å². The summed E-state index contributed by atoms with van der Waals surface area (Å²) >= 11 is 7.33. The summed E-state index contributed by atoms with van der Waals surface area (Å²) in [5.41, 5.74) is 1.39. The highest BCUT2D eigenvalue weighted by molar-refractivity contribution is 7.16. The van der Waals surface area contributed by atoms with Gasteiger partial charge in [-0.15, -0.1) is 11.3 Å². The van der Waals surface area contributed by atoms with Crippen LogP contribution in [0.3, 0.4) is 0 Å². The van der Waals surface area contributed by atoms with Gasteiger partial charge in [0.05, 0.1) is 22.6 Å². The van der Waals surface area contributed by atoms with Crippen LogP contribution in [0.15, 0.2) is 18.3 Å². The molecular weight excluding hydrogens is 258 g/mol. The summed E-state index contributed by atoms with van der Waals surface area (Å²) in [7, 11) is 1.77. The lowest BCUT2D eigenvalue weighted by molar-refractivity contribution is 0.0786. The number of amides is 1. The van der Waals surface area contributed by atoms with Crippen LogP contribution in [0.4, 0.5) is 0 Å². The van der Waals surface area contributed by atoms with Gasteiger partial charge in [-0.05, 0) is 19.1 Å². The number of H-pyrrole nitrogens is 1. The fourth-order valence-electron chi connectivity index (χ4n) is 1.51. The van der Waals surface area contributed by atoms with Gasteiger partial charge in [0.25, 0.3) is 5.91 Å². The molecule has 2 aromatic rings. The summed E-state index contributed by atoms with van der Waals surface area (Å²) in [6.07, 6.45) is 1.55. The molecule has 1 amide bonds. The monoisotopic (exact) mass is 269 g/mol. The molecule has 0 aromatic carbocycles. The maximum absolute atomic E-state index is 12.1. The highest BCUT2D eigenvalue weighted by Gasteiger charge is 2.16. The maximum atomic E-state index is 12.1. The summed E-state index contributed by atoms with van der Waals surface area (Å²) in [5.74, 6) is -0.0410. The molecular formula is C11H12ClN3OS. The Morgan fingerprint density at radius 2 is 2.35 bits per heavy atom. The van der Waals surface area contributed by atoms with E-state index in [0.717, 1.165) is 14.9 Å². The highest BCUT2D eigenvalue weighted by atomic mass is 35.5. The standard InChI is InChI=1S/C11H12ClN3OS/c1-7-9(5-13-14-7)11(16)15(2)6-8-3-4-10(12)17-8/h3-5H,6H2,1-2H3,(H,13,14). The number of aromatic amines is 1. The molecule has 0 saturated carbocycles. The summed E-state index contributed by atoms with van der Waals surface area (Å²) in [6.45, 7) is 2.39. The third kappa shape index (κ3) is 2.68. The molecule has 0 fully saturated rings. The first-order valence-corrected chi connectivity index (χ1v) is 6.27. The third-order valence-electron chi connectivity index (χ3n) is 2.43. The lowest BCUT2D eigenvalue weighted by Crippen LogP contribution is -2.26. The molecule has 1 N–H and O–H groups in total. The number of nitrogens with zero attached hydrogens (tertiary/aromatic N) is 2. The molecule has 0 atom stereocenters. The van der Waals surface area contributed by atoms with Gasteiger partial charge < -0.3 is 4.90 Å². The van der Waals surface area contributed by atoms with E-state index in [1.807, 2.05) is 19.1 Å². The SMILES string of the molecule is Cc1[nH]ncc1C(=O)N(C)Cc1ccc(Cl)s1. The maximum Gasteiger partial charge on any atom is 0.257 e. The van der Waals surface area contributed by atoms with Crippen LogP contribution in [-0.4, -0.2) is 28.1 Å². The minimum absolute atomic E-state index is 0.0410. The molecule has 6 heteroatoms. The molecule has 90 valence electrons. The Morgan fingerprint density at radius 3 is 2.88 bits per heavy atom. The molecule has 2 rings (SSSR count). The van der Waals surface area contributed by atoms with Crippen LogP contribution in [-0.2, 0) is 6.54 Å². The van der Waals surface area contributed by atoms with Crippen LogP contribution in [0.2, 0.25) is 4.34 Å². The third-order valence-corrected chi connectivity index (χ3v) is 3.64. The van der Waals surface area contributed by atoms with Crippen LogP contribution < -0.4 is 0 Å². The number of halogens is 1. The van der Waals surface area contributed by atoms with Crippen LogP contribution in [0, 0.1) is 6.92 Å². The van der Waals surface area contributed by atoms with Gasteiger partial charge >= 0.3 is 0 Å². The fourth-order valence-corrected chi connectivity index (χ4v) is 2.66. The number of nitrogens with one attached hydrogen (secondary N) is 1. The van der Waals surface area contributed by atoms with Crippen molar-refractivity contribution in [1.29, 1.82) is 0 Å². The summed E-state index contributed by atoms with van der Waals surface area (Å²) in [6, 6.07) is 3.77. The number of aromatic nitrogens is 2. The van der Waals surface area contributed by atoms with Gasteiger partial charge in [0.1, 0.15) is 0 Å². The van der Waals surface area contributed by atoms with Gasteiger partial charge in [-0.2, -0.15) is 5.10 Å². The fraction of sp³-hybridized carbons (Fsp3) is 0.273. The largest absolute Gasteiger partial charge is 0.336 e. The molecule has 0 spiro atoms. The van der Waals surface area contributed by atoms with Crippen LogP contribution in [0.1, 0.15) is 20.9 Å². The number of hydrogen-bond donors (Lipinski definition) is 1. The highest BCUT2D eigenvalue weighted by Crippen LogP contribution is 2.22. The Kier molecular flexibility index (Phi) is 3.49. The second kappa shape index (κ2) is 4.89. The van der Waals surface area contributed by atoms with Crippen LogP contribution >= 0.6 is 22.9 Å². The van der Waals surface area contributed by atoms with Crippen LogP contribution in [0.25, 0.3) is 0 Å². The lowest BCUT2D eigenvalue weighted by atomic mass is 10.2. The zero-order chi connectivity index (χ0) is 12.4. The number of carbonyl (C=O) groups is 1. The zero-order valence-electron chi connectivity index (χ0n) is 9.53. The van der Waals surface area contributed by atoms with E-state index in [1.54, 1.807) is 18.1 Å². The van der Waals surface area contributed by atoms with Crippen molar-refractivity contribution in [2.45, 2.75) is 13.5 Å². The van der Waals surface area contributed by atoms with E-state index in [2.05, 4.69) is 10.2 Å². The van der Waals surface area contributed by atoms with Gasteiger partial charge in [-0.1, -0.05) is 11.6 Å². The van der Waals surface area contributed by atoms with Crippen molar-refractivity contribution in [3.8, 4) is 0 Å². The summed E-state index contributed by atoms with van der Waals surface area (Å²) in [4.78, 5) is 14.8. The molecule has 0 aliphatic rings. The van der Waals surface area contributed by atoms with Crippen molar-refractivity contribution in [1.82, 2.24) is 15.1 Å². The molecule has 17 heavy (non-hydrogen) atoms. The first-order chi connectivity index (χ1) is 8.08. The van der Waals surface area contributed by atoms with E-state index in [1.165, 1.54) is 11.3 Å². The molecule has 0 aliphatic carbocycles. The first kappa shape index (κ1) is 12.1. The number of aryl methyl sites for hydroxylation is 1. The second-order valence-electron chi connectivity index (χ2n) is 3.78. The van der Waals surface area contributed by atoms with Crippen LogP contribution in [0.5, 0.6) is 0 Å². The van der Waals surface area contributed by atoms with Gasteiger partial charge in [0, 0.05) is 17.6 Å². The average molecular weight is 270 g/mol. The summed E-state index contributed by atoms with van der Waals surface area (Å²) in [5, 5.41) is 6.60. The summed E-state index contributed by atoms with van der Waals surface area (Å²) < 4.78 is 0.736. The smallest absolute Gasteiger partial charge is 0.257 e. The number of hydrogen-bond acceptors (Lipinski definition) is 3. The van der Waals surface area contributed by atoms with Crippen molar-refractivity contribution < 1.29 is 4.79 Å². The Morgan fingerprint density at radius 1 is 1.59 bits per heavy atom. The minimum Gasteiger partial charge on any atom is -0.336 e. The van der Waals surface area contributed by atoms with Crippen molar-refractivity contribution in [2.75, 3.05) is 7.05 Å². The lowest BCUT2D eigenvalue weighted by Gasteiger charge is -2.15. The topological polar surface area (TPSA) is 49.0 Å². The number of carbonyl (C=O) groups excluding carboxylic acids is 1. The Hall–Kier alpha value is -1.33. The molecule has 0 radical (unpaired) electrons. The van der Waals surface area contributed by atoms with Crippen molar-refractivity contribution >= 4 is 28.8 Å². The van der Waals surface area contributed by atoms with E-state index in [-0.39, 0.29) is 5.91 Å². The Bertz CT molecular complexity index is 534.